The normalized spacial score (nSPS) is 10.8. The Morgan fingerprint density at radius 1 is 0.944 bits per heavy atom. The number of fused-ring (bicyclic) bond motifs is 1. The van der Waals surface area contributed by atoms with Crippen molar-refractivity contribution in [2.45, 2.75) is 0 Å². The van der Waals surface area contributed by atoms with Crippen molar-refractivity contribution in [3.05, 3.63) is 52.9 Å². The third kappa shape index (κ3) is 2.03. The van der Waals surface area contributed by atoms with Gasteiger partial charge in [-0.3, -0.25) is 4.98 Å². The zero-order valence-electron chi connectivity index (χ0n) is 9.14. The average Bonchev–Trinajstić information content (AvgIpc) is 2.41. The van der Waals surface area contributed by atoms with Crippen LogP contribution < -0.4 is 0 Å². The minimum Gasteiger partial charge on any atom is -0.256 e. The number of benzene rings is 1. The van der Waals surface area contributed by atoms with Crippen LogP contribution in [0.3, 0.4) is 0 Å². The summed E-state index contributed by atoms with van der Waals surface area (Å²) in [5.74, 6) is 0. The molecule has 0 spiro atoms. The third-order valence-electron chi connectivity index (χ3n) is 2.63. The smallest absolute Gasteiger partial charge is 0.159 e. The predicted molar refractivity (Wildman–Crippen MR) is 72.8 cm³/mol. The number of hydrogen-bond donors (Lipinski definition) is 0. The van der Waals surface area contributed by atoms with Crippen molar-refractivity contribution in [3.8, 4) is 11.1 Å². The van der Waals surface area contributed by atoms with Crippen LogP contribution in [-0.2, 0) is 0 Å². The second-order valence-corrected chi connectivity index (χ2v) is 4.53. The van der Waals surface area contributed by atoms with Crippen molar-refractivity contribution in [1.82, 2.24) is 15.2 Å². The van der Waals surface area contributed by atoms with E-state index in [0.717, 1.165) is 22.0 Å². The van der Waals surface area contributed by atoms with Crippen LogP contribution in [0.4, 0.5) is 0 Å². The quantitative estimate of drug-likeness (QED) is 0.674. The molecule has 1 aromatic carbocycles. The molecule has 2 heterocycles. The molecule has 0 unspecified atom stereocenters. The van der Waals surface area contributed by atoms with Crippen molar-refractivity contribution < 1.29 is 0 Å². The molecule has 3 rings (SSSR count). The van der Waals surface area contributed by atoms with E-state index in [2.05, 4.69) is 15.2 Å². The van der Waals surface area contributed by atoms with Gasteiger partial charge in [-0.1, -0.05) is 35.3 Å². The van der Waals surface area contributed by atoms with Gasteiger partial charge in [-0.15, -0.1) is 10.2 Å². The van der Waals surface area contributed by atoms with Crippen molar-refractivity contribution >= 4 is 34.1 Å². The van der Waals surface area contributed by atoms with Crippen molar-refractivity contribution in [3.63, 3.8) is 0 Å². The summed E-state index contributed by atoms with van der Waals surface area (Å²) in [6, 6.07) is 11.5. The fourth-order valence-corrected chi connectivity index (χ4v) is 2.15. The molecule has 18 heavy (non-hydrogen) atoms. The largest absolute Gasteiger partial charge is 0.256 e. The zero-order chi connectivity index (χ0) is 12.5. The molecule has 0 radical (unpaired) electrons. The summed E-state index contributed by atoms with van der Waals surface area (Å²) < 4.78 is 0. The molecule has 0 bridgehead atoms. The number of rotatable bonds is 1. The molecule has 0 aliphatic carbocycles. The Labute approximate surface area is 113 Å². The van der Waals surface area contributed by atoms with Gasteiger partial charge in [0.15, 0.2) is 10.3 Å². The topological polar surface area (TPSA) is 38.7 Å². The van der Waals surface area contributed by atoms with Gasteiger partial charge >= 0.3 is 0 Å². The summed E-state index contributed by atoms with van der Waals surface area (Å²) in [5, 5.41) is 9.20. The van der Waals surface area contributed by atoms with Gasteiger partial charge in [-0.2, -0.15) is 0 Å². The lowest BCUT2D eigenvalue weighted by Gasteiger charge is -2.05. The Bertz CT molecular complexity index is 728. The average molecular weight is 276 g/mol. The van der Waals surface area contributed by atoms with Crippen molar-refractivity contribution in [2.24, 2.45) is 0 Å². The van der Waals surface area contributed by atoms with Crippen LogP contribution in [0.2, 0.25) is 10.3 Å². The molecular weight excluding hydrogens is 269 g/mol. The molecule has 0 saturated heterocycles. The van der Waals surface area contributed by atoms with Gasteiger partial charge in [0.05, 0.1) is 5.52 Å². The molecule has 3 nitrogen and oxygen atoms in total. The first-order chi connectivity index (χ1) is 8.74. The highest BCUT2D eigenvalue weighted by molar-refractivity contribution is 6.33. The van der Waals surface area contributed by atoms with E-state index in [4.69, 9.17) is 23.2 Å². The van der Waals surface area contributed by atoms with Gasteiger partial charge in [-0.05, 0) is 29.8 Å². The molecule has 0 fully saturated rings. The maximum Gasteiger partial charge on any atom is 0.159 e. The maximum atomic E-state index is 6.03. The Morgan fingerprint density at radius 3 is 2.72 bits per heavy atom. The number of halogens is 2. The molecule has 0 saturated carbocycles. The Kier molecular flexibility index (Phi) is 2.86. The molecule has 0 atom stereocenters. The fourth-order valence-electron chi connectivity index (χ4n) is 1.80. The van der Waals surface area contributed by atoms with Gasteiger partial charge in [0.25, 0.3) is 0 Å². The Balaban J connectivity index is 2.22. The molecular formula is C13H7Cl2N3. The summed E-state index contributed by atoms with van der Waals surface area (Å²) in [6.45, 7) is 0. The van der Waals surface area contributed by atoms with E-state index in [9.17, 15) is 0 Å². The van der Waals surface area contributed by atoms with Gasteiger partial charge in [-0.25, -0.2) is 0 Å². The van der Waals surface area contributed by atoms with Crippen LogP contribution in [-0.4, -0.2) is 15.2 Å². The lowest BCUT2D eigenvalue weighted by atomic mass is 10.1. The molecule has 0 aliphatic rings. The van der Waals surface area contributed by atoms with E-state index in [1.54, 1.807) is 12.3 Å². The molecule has 3 aromatic rings. The van der Waals surface area contributed by atoms with Crippen molar-refractivity contribution in [1.29, 1.82) is 0 Å². The van der Waals surface area contributed by atoms with Crippen LogP contribution in [0.5, 0.6) is 0 Å². The zero-order valence-corrected chi connectivity index (χ0v) is 10.7. The van der Waals surface area contributed by atoms with Gasteiger partial charge in [0.2, 0.25) is 0 Å². The Hall–Kier alpha value is -1.71. The molecule has 5 heteroatoms. The highest BCUT2D eigenvalue weighted by atomic mass is 35.5. The van der Waals surface area contributed by atoms with Crippen LogP contribution >= 0.6 is 23.2 Å². The lowest BCUT2D eigenvalue weighted by molar-refractivity contribution is 1.03. The van der Waals surface area contributed by atoms with Crippen LogP contribution in [0.1, 0.15) is 0 Å². The third-order valence-corrected chi connectivity index (χ3v) is 3.10. The highest BCUT2D eigenvalue weighted by Crippen LogP contribution is 2.29. The summed E-state index contributed by atoms with van der Waals surface area (Å²) in [6.07, 6.45) is 1.76. The molecule has 0 N–H and O–H groups in total. The number of nitrogens with zero attached hydrogens (tertiary/aromatic N) is 3. The number of hydrogen-bond acceptors (Lipinski definition) is 3. The molecule has 2 aromatic heterocycles. The van der Waals surface area contributed by atoms with E-state index in [-0.39, 0.29) is 0 Å². The van der Waals surface area contributed by atoms with Gasteiger partial charge in [0, 0.05) is 17.1 Å². The monoisotopic (exact) mass is 275 g/mol. The number of aromatic nitrogens is 3. The standard InChI is InChI=1S/C13H7Cl2N3/c14-12-7-10(13(15)18-17-12)8-3-4-11-9(6-8)2-1-5-16-11/h1-7H. The summed E-state index contributed by atoms with van der Waals surface area (Å²) in [4.78, 5) is 4.27. The first-order valence-corrected chi connectivity index (χ1v) is 6.03. The van der Waals surface area contributed by atoms with Crippen molar-refractivity contribution in [2.75, 3.05) is 0 Å². The first kappa shape index (κ1) is 11.4. The fraction of sp³-hybridized carbons (Fsp3) is 0. The summed E-state index contributed by atoms with van der Waals surface area (Å²) in [7, 11) is 0. The minimum atomic E-state index is 0.320. The lowest BCUT2D eigenvalue weighted by Crippen LogP contribution is -1.88. The molecule has 0 aliphatic heterocycles. The summed E-state index contributed by atoms with van der Waals surface area (Å²) >= 11 is 11.9. The van der Waals surface area contributed by atoms with Gasteiger partial charge < -0.3 is 0 Å². The molecule has 0 amide bonds. The van der Waals surface area contributed by atoms with E-state index < -0.39 is 0 Å². The second kappa shape index (κ2) is 4.52. The van der Waals surface area contributed by atoms with Gasteiger partial charge in [0.1, 0.15) is 0 Å². The van der Waals surface area contributed by atoms with E-state index in [0.29, 0.717) is 10.3 Å². The molecule has 88 valence electrons. The van der Waals surface area contributed by atoms with E-state index in [1.165, 1.54) is 0 Å². The Morgan fingerprint density at radius 2 is 1.83 bits per heavy atom. The summed E-state index contributed by atoms with van der Waals surface area (Å²) in [5.41, 5.74) is 2.64. The SMILES string of the molecule is Clc1cc(-c2ccc3ncccc3c2)c(Cl)nn1. The maximum absolute atomic E-state index is 6.03. The van der Waals surface area contributed by atoms with Crippen LogP contribution in [0, 0.1) is 0 Å². The van der Waals surface area contributed by atoms with E-state index in [1.807, 2.05) is 30.3 Å². The first-order valence-electron chi connectivity index (χ1n) is 5.28. The minimum absolute atomic E-state index is 0.320. The van der Waals surface area contributed by atoms with E-state index >= 15 is 0 Å². The van der Waals surface area contributed by atoms with Crippen LogP contribution in [0.15, 0.2) is 42.6 Å². The van der Waals surface area contributed by atoms with Crippen LogP contribution in [0.25, 0.3) is 22.0 Å². The highest BCUT2D eigenvalue weighted by Gasteiger charge is 2.07. The number of pyridine rings is 1. The second-order valence-electron chi connectivity index (χ2n) is 3.78. The predicted octanol–water partition coefficient (Wildman–Crippen LogP) is 4.00.